The number of ether oxygens (including phenoxy) is 4. The number of fused-ring (bicyclic) bond motifs is 1. The zero-order valence-electron chi connectivity index (χ0n) is 15.9. The van der Waals surface area contributed by atoms with E-state index in [2.05, 4.69) is 23.6 Å². The molecule has 5 heteroatoms. The molecule has 5 aliphatic rings. The molecule has 0 aromatic heterocycles. The van der Waals surface area contributed by atoms with Crippen molar-refractivity contribution in [1.82, 2.24) is 4.90 Å². The van der Waals surface area contributed by atoms with Crippen molar-refractivity contribution in [2.75, 3.05) is 33.4 Å². The molecule has 4 atom stereocenters. The van der Waals surface area contributed by atoms with Crippen LogP contribution in [0.5, 0.6) is 11.5 Å². The monoisotopic (exact) mass is 369 g/mol. The average molecular weight is 369 g/mol. The fourth-order valence-electron chi connectivity index (χ4n) is 6.91. The number of benzene rings is 1. The standard InChI is InChI=1S/C22H27NO4/c1-3-9-23-10-8-21-15-6-7-22(25-11-12-26-22)20(21)27-19-17(24-2)5-4-14(18(19)21)13-16(15)23/h3-5,15-16,20H,1,6-13H2,2H3/t15-,16+,20+,21?/m1/s1. The maximum atomic E-state index is 6.72. The maximum Gasteiger partial charge on any atom is 0.206 e. The van der Waals surface area contributed by atoms with Crippen LogP contribution in [-0.2, 0) is 21.3 Å². The van der Waals surface area contributed by atoms with Gasteiger partial charge in [0.05, 0.1) is 20.3 Å². The van der Waals surface area contributed by atoms with Gasteiger partial charge in [0.2, 0.25) is 5.79 Å². The fourth-order valence-corrected chi connectivity index (χ4v) is 6.91. The largest absolute Gasteiger partial charge is 0.493 e. The van der Waals surface area contributed by atoms with E-state index in [-0.39, 0.29) is 11.5 Å². The predicted octanol–water partition coefficient (Wildman–Crippen LogP) is 2.66. The van der Waals surface area contributed by atoms with Crippen LogP contribution >= 0.6 is 0 Å². The van der Waals surface area contributed by atoms with Gasteiger partial charge in [0.25, 0.3) is 0 Å². The van der Waals surface area contributed by atoms with Crippen LogP contribution in [0.1, 0.15) is 30.4 Å². The molecule has 27 heavy (non-hydrogen) atoms. The van der Waals surface area contributed by atoms with Gasteiger partial charge < -0.3 is 18.9 Å². The topological polar surface area (TPSA) is 40.2 Å². The highest BCUT2D eigenvalue weighted by molar-refractivity contribution is 5.61. The molecule has 144 valence electrons. The van der Waals surface area contributed by atoms with E-state index < -0.39 is 5.79 Å². The number of piperidine rings is 1. The Balaban J connectivity index is 1.57. The van der Waals surface area contributed by atoms with E-state index in [1.54, 1.807) is 7.11 Å². The Hall–Kier alpha value is -1.56. The Kier molecular flexibility index (Phi) is 3.34. The summed E-state index contributed by atoms with van der Waals surface area (Å²) in [6, 6.07) is 4.86. The molecule has 0 radical (unpaired) electrons. The predicted molar refractivity (Wildman–Crippen MR) is 100 cm³/mol. The molecule has 3 heterocycles. The first kappa shape index (κ1) is 16.4. The minimum atomic E-state index is -0.597. The van der Waals surface area contributed by atoms with E-state index in [1.165, 1.54) is 11.1 Å². The number of nitrogens with zero attached hydrogens (tertiary/aromatic N) is 1. The van der Waals surface area contributed by atoms with Crippen molar-refractivity contribution in [3.05, 3.63) is 35.9 Å². The molecular weight excluding hydrogens is 342 g/mol. The summed E-state index contributed by atoms with van der Waals surface area (Å²) in [5.74, 6) is 1.76. The van der Waals surface area contributed by atoms with Gasteiger partial charge in [-0.1, -0.05) is 12.1 Å². The molecular formula is C22H27NO4. The lowest BCUT2D eigenvalue weighted by Gasteiger charge is -2.60. The molecule has 2 bridgehead atoms. The van der Waals surface area contributed by atoms with Crippen molar-refractivity contribution in [1.29, 1.82) is 0 Å². The van der Waals surface area contributed by atoms with Crippen molar-refractivity contribution in [3.63, 3.8) is 0 Å². The fraction of sp³-hybridized carbons (Fsp3) is 0.636. The first-order valence-electron chi connectivity index (χ1n) is 10.2. The van der Waals surface area contributed by atoms with Crippen LogP contribution in [0, 0.1) is 5.92 Å². The van der Waals surface area contributed by atoms with Crippen molar-refractivity contribution in [2.45, 2.75) is 49.0 Å². The van der Waals surface area contributed by atoms with E-state index in [1.807, 2.05) is 6.08 Å². The van der Waals surface area contributed by atoms with Gasteiger partial charge in [0.15, 0.2) is 17.6 Å². The number of methoxy groups -OCH3 is 1. The van der Waals surface area contributed by atoms with Gasteiger partial charge in [-0.3, -0.25) is 4.90 Å². The number of hydrogen-bond donors (Lipinski definition) is 0. The third-order valence-electron chi connectivity index (χ3n) is 7.78. The van der Waals surface area contributed by atoms with Crippen LogP contribution in [0.2, 0.25) is 0 Å². The minimum absolute atomic E-state index is 0.0254. The van der Waals surface area contributed by atoms with E-state index >= 15 is 0 Å². The second-order valence-corrected chi connectivity index (χ2v) is 8.63. The maximum absolute atomic E-state index is 6.72. The van der Waals surface area contributed by atoms with Crippen LogP contribution in [0.15, 0.2) is 24.8 Å². The molecule has 1 aromatic carbocycles. The zero-order chi connectivity index (χ0) is 18.2. The summed E-state index contributed by atoms with van der Waals surface area (Å²) in [6.07, 6.45) is 6.15. The lowest BCUT2D eigenvalue weighted by atomic mass is 9.50. The van der Waals surface area contributed by atoms with E-state index in [0.29, 0.717) is 25.2 Å². The van der Waals surface area contributed by atoms with Gasteiger partial charge in [-0.25, -0.2) is 0 Å². The van der Waals surface area contributed by atoms with Crippen molar-refractivity contribution >= 4 is 0 Å². The molecule has 5 nitrogen and oxygen atoms in total. The number of rotatable bonds is 3. The average Bonchev–Trinajstić information content (AvgIpc) is 3.28. The second kappa shape index (κ2) is 5.49. The normalized spacial score (nSPS) is 37.7. The second-order valence-electron chi connectivity index (χ2n) is 8.63. The molecule has 0 N–H and O–H groups in total. The molecule has 2 saturated heterocycles. The molecule has 2 aliphatic carbocycles. The number of likely N-dealkylation sites (tertiary alicyclic amines) is 1. The van der Waals surface area contributed by atoms with Crippen LogP contribution in [-0.4, -0.2) is 56.2 Å². The SMILES string of the molecule is C=CCN1CCC23c4c5ccc(OC)c4O[C@@H]2C2(CC[C@@H]3[C@@H]1C5)OCCO2. The van der Waals surface area contributed by atoms with E-state index in [4.69, 9.17) is 18.9 Å². The minimum Gasteiger partial charge on any atom is -0.493 e. The lowest BCUT2D eigenvalue weighted by molar-refractivity contribution is -0.261. The summed E-state index contributed by atoms with van der Waals surface area (Å²) < 4.78 is 24.9. The zero-order valence-corrected chi connectivity index (χ0v) is 15.9. The molecule has 3 fully saturated rings. The summed E-state index contributed by atoms with van der Waals surface area (Å²) in [5.41, 5.74) is 2.78. The molecule has 1 unspecified atom stereocenters. The summed E-state index contributed by atoms with van der Waals surface area (Å²) in [7, 11) is 1.73. The summed E-state index contributed by atoms with van der Waals surface area (Å²) >= 11 is 0. The molecule has 1 saturated carbocycles. The molecule has 6 rings (SSSR count). The van der Waals surface area contributed by atoms with Gasteiger partial charge in [0.1, 0.15) is 0 Å². The highest BCUT2D eigenvalue weighted by Gasteiger charge is 2.71. The highest BCUT2D eigenvalue weighted by Crippen LogP contribution is 2.66. The van der Waals surface area contributed by atoms with Crippen molar-refractivity contribution < 1.29 is 18.9 Å². The third-order valence-corrected chi connectivity index (χ3v) is 7.78. The third kappa shape index (κ3) is 1.86. The van der Waals surface area contributed by atoms with Gasteiger partial charge in [-0.2, -0.15) is 0 Å². The van der Waals surface area contributed by atoms with Gasteiger partial charge in [0, 0.05) is 30.0 Å². The molecule has 0 amide bonds. The quantitative estimate of drug-likeness (QED) is 0.766. The van der Waals surface area contributed by atoms with Crippen LogP contribution in [0.3, 0.4) is 0 Å². The van der Waals surface area contributed by atoms with E-state index in [0.717, 1.165) is 50.3 Å². The summed E-state index contributed by atoms with van der Waals surface area (Å²) in [5, 5.41) is 0. The van der Waals surface area contributed by atoms with Crippen LogP contribution < -0.4 is 9.47 Å². The summed E-state index contributed by atoms with van der Waals surface area (Å²) in [6.45, 7) is 7.34. The Morgan fingerprint density at radius 2 is 2.15 bits per heavy atom. The summed E-state index contributed by atoms with van der Waals surface area (Å²) in [4.78, 5) is 2.62. The first-order chi connectivity index (χ1) is 13.2. The molecule has 2 spiro atoms. The molecule has 1 aromatic rings. The Morgan fingerprint density at radius 3 is 2.93 bits per heavy atom. The first-order valence-corrected chi connectivity index (χ1v) is 10.2. The molecule has 3 aliphatic heterocycles. The van der Waals surface area contributed by atoms with Crippen molar-refractivity contribution in [2.24, 2.45) is 5.92 Å². The van der Waals surface area contributed by atoms with Gasteiger partial charge >= 0.3 is 0 Å². The highest BCUT2D eigenvalue weighted by atomic mass is 16.8. The Morgan fingerprint density at radius 1 is 1.30 bits per heavy atom. The Bertz CT molecular complexity index is 802. The van der Waals surface area contributed by atoms with E-state index in [9.17, 15) is 0 Å². The van der Waals surface area contributed by atoms with Gasteiger partial charge in [-0.05, 0) is 43.4 Å². The van der Waals surface area contributed by atoms with Crippen LogP contribution in [0.4, 0.5) is 0 Å². The van der Waals surface area contributed by atoms with Crippen molar-refractivity contribution in [3.8, 4) is 11.5 Å². The smallest absolute Gasteiger partial charge is 0.206 e. The number of hydrogen-bond acceptors (Lipinski definition) is 5. The van der Waals surface area contributed by atoms with Gasteiger partial charge in [-0.15, -0.1) is 6.58 Å². The Labute approximate surface area is 160 Å². The lowest BCUT2D eigenvalue weighted by Crippen LogP contribution is -2.70. The van der Waals surface area contributed by atoms with Crippen LogP contribution in [0.25, 0.3) is 0 Å².